The number of amides is 1. The van der Waals surface area contributed by atoms with Crippen molar-refractivity contribution in [1.29, 1.82) is 0 Å². The zero-order valence-electron chi connectivity index (χ0n) is 18.9. The van der Waals surface area contributed by atoms with Crippen LogP contribution in [0.4, 0.5) is 0 Å². The number of carbonyl (C=O) groups is 1. The summed E-state index contributed by atoms with van der Waals surface area (Å²) in [4.78, 5) is 48.9. The van der Waals surface area contributed by atoms with Crippen LogP contribution in [-0.2, 0) is 11.2 Å². The van der Waals surface area contributed by atoms with Crippen molar-refractivity contribution in [3.8, 4) is 0 Å². The summed E-state index contributed by atoms with van der Waals surface area (Å²) in [5.41, 5.74) is 2.35. The summed E-state index contributed by atoms with van der Waals surface area (Å²) in [5.74, 6) is 0.693. The first-order chi connectivity index (χ1) is 15.0. The topological polar surface area (TPSA) is 124 Å². The van der Waals surface area contributed by atoms with E-state index in [0.717, 1.165) is 16.9 Å². The second-order valence-corrected chi connectivity index (χ2v) is 9.08. The van der Waals surface area contributed by atoms with Gasteiger partial charge in [0.2, 0.25) is 5.91 Å². The van der Waals surface area contributed by atoms with E-state index < -0.39 is 22.9 Å². The molecule has 0 aliphatic carbocycles. The number of aromatic amines is 2. The first-order valence-electron chi connectivity index (χ1n) is 10.8. The lowest BCUT2D eigenvalue weighted by atomic mass is 9.88. The SMILES string of the molecule is Cc1cc2nc(CCC(=O)N3CC[C@@](C)(O)[C@H](n4cc(C)c(=O)[nH]c4=O)C3)[nH]c2cc1C. The lowest BCUT2D eigenvalue weighted by molar-refractivity contribution is -0.138. The van der Waals surface area contributed by atoms with Crippen molar-refractivity contribution in [2.45, 2.75) is 58.6 Å². The third kappa shape index (κ3) is 4.12. The van der Waals surface area contributed by atoms with Crippen molar-refractivity contribution in [2.75, 3.05) is 13.1 Å². The molecule has 3 heterocycles. The first-order valence-corrected chi connectivity index (χ1v) is 10.8. The number of aryl methyl sites for hydroxylation is 4. The lowest BCUT2D eigenvalue weighted by Crippen LogP contribution is -2.55. The normalized spacial score (nSPS) is 21.3. The summed E-state index contributed by atoms with van der Waals surface area (Å²) in [7, 11) is 0. The number of fused-ring (bicyclic) bond motifs is 1. The largest absolute Gasteiger partial charge is 0.388 e. The van der Waals surface area contributed by atoms with Crippen molar-refractivity contribution in [1.82, 2.24) is 24.4 Å². The molecule has 2 aromatic heterocycles. The van der Waals surface area contributed by atoms with Gasteiger partial charge in [-0.25, -0.2) is 9.78 Å². The molecule has 4 rings (SSSR count). The standard InChI is InChI=1S/C23H29N5O4/c1-13-9-16-17(10-14(13)2)25-19(24-16)5-6-20(29)27-8-7-23(4,32)18(12-27)28-11-15(3)21(30)26-22(28)31/h9-11,18,32H,5-8,12H2,1-4H3,(H,24,25)(H,26,30,31)/t18-,23-/m1/s1. The van der Waals surface area contributed by atoms with E-state index in [1.54, 1.807) is 18.7 Å². The number of aromatic nitrogens is 4. The Labute approximate surface area is 185 Å². The molecule has 9 nitrogen and oxygen atoms in total. The van der Waals surface area contributed by atoms with Crippen molar-refractivity contribution >= 4 is 16.9 Å². The van der Waals surface area contributed by atoms with E-state index in [1.807, 2.05) is 13.0 Å². The Hall–Kier alpha value is -3.20. The average Bonchev–Trinajstić information content (AvgIpc) is 3.11. The molecule has 2 atom stereocenters. The molecule has 0 bridgehead atoms. The molecule has 0 radical (unpaired) electrons. The lowest BCUT2D eigenvalue weighted by Gasteiger charge is -2.43. The minimum absolute atomic E-state index is 0.0625. The number of rotatable bonds is 4. The number of aliphatic hydroxyl groups is 1. The van der Waals surface area contributed by atoms with Gasteiger partial charge in [0.1, 0.15) is 5.82 Å². The fraction of sp³-hybridized carbons (Fsp3) is 0.478. The number of benzene rings is 1. The number of nitrogens with zero attached hydrogens (tertiary/aromatic N) is 3. The highest BCUT2D eigenvalue weighted by Crippen LogP contribution is 2.31. The molecule has 1 amide bonds. The number of nitrogens with one attached hydrogen (secondary N) is 2. The van der Waals surface area contributed by atoms with Crippen LogP contribution < -0.4 is 11.2 Å². The number of hydrogen-bond donors (Lipinski definition) is 3. The Morgan fingerprint density at radius 3 is 2.66 bits per heavy atom. The molecule has 1 saturated heterocycles. The molecule has 1 aliphatic heterocycles. The fourth-order valence-electron chi connectivity index (χ4n) is 4.28. The van der Waals surface area contributed by atoms with Crippen LogP contribution in [0, 0.1) is 20.8 Å². The Kier molecular flexibility index (Phi) is 5.54. The Morgan fingerprint density at radius 2 is 1.91 bits per heavy atom. The Balaban J connectivity index is 1.49. The maximum atomic E-state index is 12.9. The number of hydrogen-bond acceptors (Lipinski definition) is 5. The van der Waals surface area contributed by atoms with Gasteiger partial charge in [0.15, 0.2) is 0 Å². The zero-order valence-corrected chi connectivity index (χ0v) is 18.9. The highest BCUT2D eigenvalue weighted by molar-refractivity contribution is 5.78. The monoisotopic (exact) mass is 439 g/mol. The molecule has 1 fully saturated rings. The second kappa shape index (κ2) is 8.05. The number of carbonyl (C=O) groups excluding carboxylic acids is 1. The minimum atomic E-state index is -1.18. The maximum Gasteiger partial charge on any atom is 0.328 e. The summed E-state index contributed by atoms with van der Waals surface area (Å²) in [6.07, 6.45) is 2.52. The van der Waals surface area contributed by atoms with Crippen LogP contribution in [0.25, 0.3) is 11.0 Å². The van der Waals surface area contributed by atoms with E-state index in [4.69, 9.17) is 0 Å². The summed E-state index contributed by atoms with van der Waals surface area (Å²) in [6, 6.07) is 3.44. The van der Waals surface area contributed by atoms with Crippen LogP contribution in [0.3, 0.4) is 0 Å². The number of likely N-dealkylation sites (tertiary alicyclic amines) is 1. The predicted octanol–water partition coefficient (Wildman–Crippen LogP) is 1.50. The molecule has 170 valence electrons. The average molecular weight is 440 g/mol. The molecule has 1 aromatic carbocycles. The molecule has 3 aromatic rings. The molecular formula is C23H29N5O4. The van der Waals surface area contributed by atoms with Crippen LogP contribution in [0.1, 0.15) is 48.3 Å². The predicted molar refractivity (Wildman–Crippen MR) is 121 cm³/mol. The molecule has 0 spiro atoms. The molecule has 1 aliphatic rings. The zero-order chi connectivity index (χ0) is 23.2. The molecule has 0 unspecified atom stereocenters. The van der Waals surface area contributed by atoms with E-state index in [-0.39, 0.29) is 18.9 Å². The van der Waals surface area contributed by atoms with Crippen molar-refractivity contribution < 1.29 is 9.90 Å². The van der Waals surface area contributed by atoms with Gasteiger partial charge in [-0.15, -0.1) is 0 Å². The second-order valence-electron chi connectivity index (χ2n) is 9.08. The maximum absolute atomic E-state index is 12.9. The number of imidazole rings is 1. The van der Waals surface area contributed by atoms with Gasteiger partial charge in [-0.3, -0.25) is 19.1 Å². The number of piperidine rings is 1. The van der Waals surface area contributed by atoms with Gasteiger partial charge in [0, 0.05) is 37.7 Å². The van der Waals surface area contributed by atoms with E-state index >= 15 is 0 Å². The quantitative estimate of drug-likeness (QED) is 0.568. The minimum Gasteiger partial charge on any atom is -0.388 e. The fourth-order valence-corrected chi connectivity index (χ4v) is 4.28. The molecule has 32 heavy (non-hydrogen) atoms. The van der Waals surface area contributed by atoms with Crippen molar-refractivity contribution in [3.63, 3.8) is 0 Å². The van der Waals surface area contributed by atoms with Gasteiger partial charge < -0.3 is 15.0 Å². The van der Waals surface area contributed by atoms with E-state index in [9.17, 15) is 19.5 Å². The van der Waals surface area contributed by atoms with Gasteiger partial charge in [0.25, 0.3) is 5.56 Å². The Bertz CT molecular complexity index is 1260. The molecule has 3 N–H and O–H groups in total. The van der Waals surface area contributed by atoms with Crippen LogP contribution in [0.15, 0.2) is 27.9 Å². The van der Waals surface area contributed by atoms with Crippen LogP contribution in [0.5, 0.6) is 0 Å². The highest BCUT2D eigenvalue weighted by Gasteiger charge is 2.40. The summed E-state index contributed by atoms with van der Waals surface area (Å²) in [6.45, 7) is 7.95. The van der Waals surface area contributed by atoms with E-state index in [2.05, 4.69) is 27.9 Å². The van der Waals surface area contributed by atoms with Gasteiger partial charge >= 0.3 is 5.69 Å². The van der Waals surface area contributed by atoms with E-state index in [0.29, 0.717) is 24.9 Å². The van der Waals surface area contributed by atoms with E-state index in [1.165, 1.54) is 21.9 Å². The third-order valence-corrected chi connectivity index (χ3v) is 6.56. The molecular weight excluding hydrogens is 410 g/mol. The van der Waals surface area contributed by atoms with Gasteiger partial charge in [0.05, 0.1) is 22.7 Å². The van der Waals surface area contributed by atoms with Crippen molar-refractivity contribution in [2.24, 2.45) is 0 Å². The van der Waals surface area contributed by atoms with Crippen LogP contribution in [0.2, 0.25) is 0 Å². The smallest absolute Gasteiger partial charge is 0.328 e. The van der Waals surface area contributed by atoms with Crippen LogP contribution in [-0.4, -0.2) is 54.1 Å². The molecule has 9 heteroatoms. The van der Waals surface area contributed by atoms with Gasteiger partial charge in [-0.2, -0.15) is 0 Å². The van der Waals surface area contributed by atoms with Gasteiger partial charge in [-0.1, -0.05) is 0 Å². The molecule has 0 saturated carbocycles. The van der Waals surface area contributed by atoms with Gasteiger partial charge in [-0.05, 0) is 57.4 Å². The van der Waals surface area contributed by atoms with Crippen LogP contribution >= 0.6 is 0 Å². The summed E-state index contributed by atoms with van der Waals surface area (Å²) in [5, 5.41) is 10.9. The first kappa shape index (κ1) is 22.0. The van der Waals surface area contributed by atoms with Crippen molar-refractivity contribution in [3.05, 3.63) is 61.7 Å². The summed E-state index contributed by atoms with van der Waals surface area (Å²) < 4.78 is 1.33. The number of H-pyrrole nitrogens is 2. The third-order valence-electron chi connectivity index (χ3n) is 6.56. The summed E-state index contributed by atoms with van der Waals surface area (Å²) >= 11 is 0. The highest BCUT2D eigenvalue weighted by atomic mass is 16.3. The Morgan fingerprint density at radius 1 is 1.19 bits per heavy atom.